The number of hydrogen-bond donors (Lipinski definition) is 1. The maximum absolute atomic E-state index is 8.71. The second kappa shape index (κ2) is 5.58. The standard InChI is InChI=1S/C13H13N3S/c1-10-2-3-11(8-16-10)7-15-9-13-5-4-12(6-14)17-13/h2-5,8,15H,7,9H2,1H3. The highest BCUT2D eigenvalue weighted by atomic mass is 32.1. The van der Waals surface area contributed by atoms with Gasteiger partial charge in [-0.1, -0.05) is 6.07 Å². The van der Waals surface area contributed by atoms with E-state index in [0.717, 1.165) is 23.7 Å². The van der Waals surface area contributed by atoms with Crippen LogP contribution in [0.4, 0.5) is 0 Å². The van der Waals surface area contributed by atoms with E-state index in [2.05, 4.69) is 22.4 Å². The topological polar surface area (TPSA) is 48.7 Å². The van der Waals surface area contributed by atoms with Gasteiger partial charge in [-0.3, -0.25) is 4.98 Å². The van der Waals surface area contributed by atoms with Crippen LogP contribution in [0.5, 0.6) is 0 Å². The molecule has 0 fully saturated rings. The minimum absolute atomic E-state index is 0.763. The van der Waals surface area contributed by atoms with Crippen LogP contribution in [-0.4, -0.2) is 4.98 Å². The summed E-state index contributed by atoms with van der Waals surface area (Å²) < 4.78 is 0. The van der Waals surface area contributed by atoms with E-state index in [-0.39, 0.29) is 0 Å². The van der Waals surface area contributed by atoms with E-state index in [4.69, 9.17) is 5.26 Å². The summed E-state index contributed by atoms with van der Waals surface area (Å²) in [6.07, 6.45) is 1.89. The largest absolute Gasteiger partial charge is 0.308 e. The van der Waals surface area contributed by atoms with Crippen LogP contribution >= 0.6 is 11.3 Å². The van der Waals surface area contributed by atoms with Gasteiger partial charge in [0, 0.05) is 29.9 Å². The minimum atomic E-state index is 0.763. The summed E-state index contributed by atoms with van der Waals surface area (Å²) in [5.41, 5.74) is 2.21. The van der Waals surface area contributed by atoms with Gasteiger partial charge in [0.05, 0.1) is 0 Å². The van der Waals surface area contributed by atoms with Gasteiger partial charge in [-0.05, 0) is 30.7 Å². The molecular formula is C13H13N3S. The molecule has 0 atom stereocenters. The summed E-state index contributed by atoms with van der Waals surface area (Å²) in [6.45, 7) is 3.57. The summed E-state index contributed by atoms with van der Waals surface area (Å²) in [5.74, 6) is 0. The molecule has 0 saturated heterocycles. The van der Waals surface area contributed by atoms with Gasteiger partial charge in [0.25, 0.3) is 0 Å². The third kappa shape index (κ3) is 3.38. The highest BCUT2D eigenvalue weighted by Gasteiger charge is 1.99. The summed E-state index contributed by atoms with van der Waals surface area (Å²) in [5, 5.41) is 12.0. The van der Waals surface area contributed by atoms with Crippen LogP contribution in [0, 0.1) is 18.3 Å². The quantitative estimate of drug-likeness (QED) is 0.898. The van der Waals surface area contributed by atoms with Crippen molar-refractivity contribution in [1.29, 1.82) is 5.26 Å². The van der Waals surface area contributed by atoms with Crippen LogP contribution in [0.15, 0.2) is 30.5 Å². The number of rotatable bonds is 4. The third-order valence-corrected chi connectivity index (χ3v) is 3.36. The number of pyridine rings is 1. The molecule has 0 spiro atoms. The molecular weight excluding hydrogens is 230 g/mol. The Bertz CT molecular complexity index is 522. The van der Waals surface area contributed by atoms with Crippen LogP contribution in [0.25, 0.3) is 0 Å². The Hall–Kier alpha value is -1.70. The lowest BCUT2D eigenvalue weighted by molar-refractivity contribution is 0.698. The van der Waals surface area contributed by atoms with Gasteiger partial charge < -0.3 is 5.32 Å². The lowest BCUT2D eigenvalue weighted by Crippen LogP contribution is -2.11. The van der Waals surface area contributed by atoms with Crippen molar-refractivity contribution in [3.05, 3.63) is 51.5 Å². The van der Waals surface area contributed by atoms with Gasteiger partial charge in [-0.25, -0.2) is 0 Å². The van der Waals surface area contributed by atoms with Crippen molar-refractivity contribution in [3.8, 4) is 6.07 Å². The maximum Gasteiger partial charge on any atom is 0.110 e. The number of nitriles is 1. The van der Waals surface area contributed by atoms with Crippen LogP contribution in [0.1, 0.15) is 21.0 Å². The molecule has 0 unspecified atom stereocenters. The van der Waals surface area contributed by atoms with Crippen molar-refractivity contribution in [2.75, 3.05) is 0 Å². The molecule has 0 radical (unpaired) electrons. The Morgan fingerprint density at radius 3 is 2.82 bits per heavy atom. The summed E-state index contributed by atoms with van der Waals surface area (Å²) in [4.78, 5) is 6.19. The van der Waals surface area contributed by atoms with Gasteiger partial charge in [0.15, 0.2) is 0 Å². The molecule has 2 heterocycles. The van der Waals surface area contributed by atoms with Gasteiger partial charge in [0.2, 0.25) is 0 Å². The molecule has 0 bridgehead atoms. The van der Waals surface area contributed by atoms with Crippen molar-refractivity contribution in [2.45, 2.75) is 20.0 Å². The molecule has 2 aromatic heterocycles. The monoisotopic (exact) mass is 243 g/mol. The first kappa shape index (κ1) is 11.8. The van der Waals surface area contributed by atoms with E-state index in [1.807, 2.05) is 31.3 Å². The SMILES string of the molecule is Cc1ccc(CNCc2ccc(C#N)s2)cn1. The average molecular weight is 243 g/mol. The lowest BCUT2D eigenvalue weighted by atomic mass is 10.2. The Kier molecular flexibility index (Phi) is 3.86. The van der Waals surface area contributed by atoms with E-state index in [1.165, 1.54) is 21.8 Å². The molecule has 0 amide bonds. The Labute approximate surface area is 105 Å². The normalized spacial score (nSPS) is 10.1. The predicted molar refractivity (Wildman–Crippen MR) is 68.6 cm³/mol. The first-order valence-corrected chi connectivity index (χ1v) is 6.20. The summed E-state index contributed by atoms with van der Waals surface area (Å²) in [6, 6.07) is 10.1. The number of hydrogen-bond acceptors (Lipinski definition) is 4. The van der Waals surface area contributed by atoms with Crippen molar-refractivity contribution >= 4 is 11.3 Å². The predicted octanol–water partition coefficient (Wildman–Crippen LogP) is 2.61. The van der Waals surface area contributed by atoms with Crippen LogP contribution in [-0.2, 0) is 13.1 Å². The zero-order valence-corrected chi connectivity index (χ0v) is 10.4. The van der Waals surface area contributed by atoms with Gasteiger partial charge in [-0.15, -0.1) is 11.3 Å². The van der Waals surface area contributed by atoms with Gasteiger partial charge >= 0.3 is 0 Å². The second-order valence-corrected chi connectivity index (χ2v) is 4.96. The molecule has 4 heteroatoms. The fourth-order valence-corrected chi connectivity index (χ4v) is 2.24. The number of aryl methyl sites for hydroxylation is 1. The maximum atomic E-state index is 8.71. The summed E-state index contributed by atoms with van der Waals surface area (Å²) in [7, 11) is 0. The summed E-state index contributed by atoms with van der Waals surface area (Å²) >= 11 is 1.53. The lowest BCUT2D eigenvalue weighted by Gasteiger charge is -2.03. The van der Waals surface area contributed by atoms with E-state index in [9.17, 15) is 0 Å². The first-order valence-electron chi connectivity index (χ1n) is 5.39. The molecule has 0 aliphatic rings. The highest BCUT2D eigenvalue weighted by Crippen LogP contribution is 2.14. The fraction of sp³-hybridized carbons (Fsp3) is 0.231. The van der Waals surface area contributed by atoms with E-state index >= 15 is 0 Å². The Morgan fingerprint density at radius 2 is 2.18 bits per heavy atom. The number of aromatic nitrogens is 1. The first-order chi connectivity index (χ1) is 8.28. The van der Waals surface area contributed by atoms with Crippen molar-refractivity contribution in [3.63, 3.8) is 0 Å². The number of thiophene rings is 1. The highest BCUT2D eigenvalue weighted by molar-refractivity contribution is 7.12. The second-order valence-electron chi connectivity index (χ2n) is 3.79. The molecule has 0 saturated carbocycles. The molecule has 2 rings (SSSR count). The zero-order valence-electron chi connectivity index (χ0n) is 9.60. The van der Waals surface area contributed by atoms with E-state index in [1.54, 1.807) is 0 Å². The third-order valence-electron chi connectivity index (χ3n) is 2.37. The molecule has 0 aromatic carbocycles. The van der Waals surface area contributed by atoms with Crippen molar-refractivity contribution in [2.24, 2.45) is 0 Å². The molecule has 0 aliphatic heterocycles. The van der Waals surface area contributed by atoms with Crippen LogP contribution in [0.3, 0.4) is 0 Å². The van der Waals surface area contributed by atoms with E-state index in [0.29, 0.717) is 0 Å². The number of nitrogens with zero attached hydrogens (tertiary/aromatic N) is 2. The molecule has 86 valence electrons. The fourth-order valence-electron chi connectivity index (χ4n) is 1.47. The van der Waals surface area contributed by atoms with E-state index < -0.39 is 0 Å². The number of nitrogens with one attached hydrogen (secondary N) is 1. The molecule has 2 aromatic rings. The Balaban J connectivity index is 1.83. The molecule has 17 heavy (non-hydrogen) atoms. The van der Waals surface area contributed by atoms with Gasteiger partial charge in [-0.2, -0.15) is 5.26 Å². The van der Waals surface area contributed by atoms with Crippen LogP contribution < -0.4 is 5.32 Å². The van der Waals surface area contributed by atoms with Gasteiger partial charge in [0.1, 0.15) is 10.9 Å². The molecule has 0 aliphatic carbocycles. The molecule has 1 N–H and O–H groups in total. The molecule has 3 nitrogen and oxygen atoms in total. The zero-order chi connectivity index (χ0) is 12.1. The smallest absolute Gasteiger partial charge is 0.110 e. The average Bonchev–Trinajstić information content (AvgIpc) is 2.80. The Morgan fingerprint density at radius 1 is 1.29 bits per heavy atom. The van der Waals surface area contributed by atoms with Crippen molar-refractivity contribution in [1.82, 2.24) is 10.3 Å². The minimum Gasteiger partial charge on any atom is -0.308 e. The van der Waals surface area contributed by atoms with Crippen molar-refractivity contribution < 1.29 is 0 Å². The van der Waals surface area contributed by atoms with Crippen LogP contribution in [0.2, 0.25) is 0 Å².